The van der Waals surface area contributed by atoms with Gasteiger partial charge in [-0.3, -0.25) is 0 Å². The van der Waals surface area contributed by atoms with E-state index in [-0.39, 0.29) is 6.61 Å². The van der Waals surface area contributed by atoms with Gasteiger partial charge in [0.05, 0.1) is 22.6 Å². The summed E-state index contributed by atoms with van der Waals surface area (Å²) in [5, 5.41) is 22.1. The third kappa shape index (κ3) is 9.58. The van der Waals surface area contributed by atoms with Crippen LogP contribution in [0, 0.1) is 0 Å². The zero-order chi connectivity index (χ0) is 27.6. The number of benzene rings is 2. The number of carbonyl (C=O) groups is 1. The number of aliphatic carboxylic acids is 1. The number of likely N-dealkylation sites (N-methyl/N-ethyl adjacent to an activating group) is 1. The van der Waals surface area contributed by atoms with Gasteiger partial charge < -0.3 is 29.7 Å². The molecule has 0 spiro atoms. The minimum absolute atomic E-state index is 0.104. The average molecular weight is 565 g/mol. The van der Waals surface area contributed by atoms with E-state index in [2.05, 4.69) is 24.1 Å². The summed E-state index contributed by atoms with van der Waals surface area (Å²) in [4.78, 5) is 15.9. The highest BCUT2D eigenvalue weighted by Crippen LogP contribution is 2.28. The van der Waals surface area contributed by atoms with Crippen LogP contribution in [-0.2, 0) is 11.3 Å². The molecule has 37 heavy (non-hydrogen) atoms. The van der Waals surface area contributed by atoms with Crippen molar-refractivity contribution in [1.82, 2.24) is 14.5 Å². The van der Waals surface area contributed by atoms with Crippen molar-refractivity contribution in [3.63, 3.8) is 0 Å². The van der Waals surface area contributed by atoms with E-state index in [0.29, 0.717) is 22.3 Å². The number of fused-ring (bicyclic) bond motifs is 1. The topological polar surface area (TPSA) is 99.9 Å². The van der Waals surface area contributed by atoms with Crippen molar-refractivity contribution in [2.24, 2.45) is 0 Å². The number of imidazole rings is 1. The molecule has 0 saturated carbocycles. The summed E-state index contributed by atoms with van der Waals surface area (Å²) < 4.78 is 39.4. The number of hydrogen-bond acceptors (Lipinski definition) is 6. The number of ether oxygens (including phenoxy) is 1. The molecule has 2 aromatic carbocycles. The Bertz CT molecular complexity index is 1160. The number of aliphatic hydroxyl groups excluding tert-OH is 1. The van der Waals surface area contributed by atoms with Crippen LogP contribution in [0.25, 0.3) is 11.0 Å². The Labute approximate surface area is 222 Å². The fourth-order valence-corrected chi connectivity index (χ4v) is 3.77. The van der Waals surface area contributed by atoms with E-state index in [1.807, 2.05) is 28.8 Å². The molecule has 1 heterocycles. The Morgan fingerprint density at radius 1 is 1.19 bits per heavy atom. The van der Waals surface area contributed by atoms with E-state index in [9.17, 15) is 18.3 Å². The van der Waals surface area contributed by atoms with E-state index in [1.54, 1.807) is 18.2 Å². The van der Waals surface area contributed by atoms with Gasteiger partial charge in [0.25, 0.3) is 0 Å². The normalized spacial score (nSPS) is 12.2. The van der Waals surface area contributed by atoms with Crippen LogP contribution in [0.3, 0.4) is 0 Å². The third-order valence-corrected chi connectivity index (χ3v) is 5.75. The molecule has 3 N–H and O–H groups in total. The highest BCUT2D eigenvalue weighted by molar-refractivity contribution is 6.35. The molecule has 0 saturated heterocycles. The van der Waals surface area contributed by atoms with Gasteiger partial charge in [-0.05, 0) is 43.4 Å². The second-order valence-electron chi connectivity index (χ2n) is 7.83. The second kappa shape index (κ2) is 14.3. The molecular weight excluding hydrogens is 536 g/mol. The Morgan fingerprint density at radius 3 is 2.43 bits per heavy atom. The molecule has 3 rings (SSSR count). The Morgan fingerprint density at radius 2 is 1.84 bits per heavy atom. The van der Waals surface area contributed by atoms with Gasteiger partial charge in [0, 0.05) is 18.1 Å². The van der Waals surface area contributed by atoms with Gasteiger partial charge in [0.2, 0.25) is 5.95 Å². The third-order valence-electron chi connectivity index (χ3n) is 5.22. The maximum absolute atomic E-state index is 10.6. The first kappa shape index (κ1) is 30.5. The molecule has 3 aromatic rings. The molecular formula is C24H29Cl2F3N4O4. The summed E-state index contributed by atoms with van der Waals surface area (Å²) in [7, 11) is 0. The van der Waals surface area contributed by atoms with Gasteiger partial charge in [0.1, 0.15) is 18.5 Å². The van der Waals surface area contributed by atoms with Crippen LogP contribution in [0.5, 0.6) is 5.75 Å². The van der Waals surface area contributed by atoms with Crippen molar-refractivity contribution in [3.05, 3.63) is 52.5 Å². The van der Waals surface area contributed by atoms with Crippen LogP contribution in [0.1, 0.15) is 13.8 Å². The van der Waals surface area contributed by atoms with Gasteiger partial charge >= 0.3 is 12.1 Å². The van der Waals surface area contributed by atoms with E-state index in [0.717, 1.165) is 43.2 Å². The average Bonchev–Trinajstić information content (AvgIpc) is 3.18. The van der Waals surface area contributed by atoms with E-state index < -0.39 is 18.2 Å². The molecule has 0 amide bonds. The molecule has 0 aliphatic heterocycles. The number of anilines is 1. The number of nitrogens with zero attached hydrogens (tertiary/aromatic N) is 3. The smallest absolute Gasteiger partial charge is 0.489 e. The van der Waals surface area contributed by atoms with Crippen molar-refractivity contribution < 1.29 is 32.9 Å². The zero-order valence-electron chi connectivity index (χ0n) is 20.3. The highest BCUT2D eigenvalue weighted by Gasteiger charge is 2.38. The minimum atomic E-state index is -5.08. The summed E-state index contributed by atoms with van der Waals surface area (Å²) in [5.74, 6) is -1.52. The molecule has 0 radical (unpaired) electrons. The number of halogens is 5. The maximum atomic E-state index is 10.6. The van der Waals surface area contributed by atoms with Crippen LogP contribution in [0.2, 0.25) is 10.0 Å². The van der Waals surface area contributed by atoms with Crippen molar-refractivity contribution in [2.45, 2.75) is 32.7 Å². The molecule has 1 aromatic heterocycles. The van der Waals surface area contributed by atoms with Gasteiger partial charge in [-0.15, -0.1) is 0 Å². The molecule has 13 heteroatoms. The zero-order valence-corrected chi connectivity index (χ0v) is 21.8. The van der Waals surface area contributed by atoms with Crippen LogP contribution >= 0.6 is 23.2 Å². The van der Waals surface area contributed by atoms with Crippen molar-refractivity contribution >= 4 is 46.2 Å². The maximum Gasteiger partial charge on any atom is 0.490 e. The van der Waals surface area contributed by atoms with Gasteiger partial charge in [0.15, 0.2) is 0 Å². The monoisotopic (exact) mass is 564 g/mol. The predicted molar refractivity (Wildman–Crippen MR) is 138 cm³/mol. The fraction of sp³-hybridized carbons (Fsp3) is 0.417. The van der Waals surface area contributed by atoms with Gasteiger partial charge in [-0.2, -0.15) is 13.2 Å². The molecule has 1 atom stereocenters. The number of aromatic nitrogens is 2. The summed E-state index contributed by atoms with van der Waals surface area (Å²) in [6.07, 6.45) is -5.82. The summed E-state index contributed by atoms with van der Waals surface area (Å²) >= 11 is 12.1. The van der Waals surface area contributed by atoms with E-state index >= 15 is 0 Å². The molecule has 0 fully saturated rings. The predicted octanol–water partition coefficient (Wildman–Crippen LogP) is 5.17. The van der Waals surface area contributed by atoms with Crippen molar-refractivity contribution in [2.75, 3.05) is 38.1 Å². The molecule has 0 aliphatic carbocycles. The first-order chi connectivity index (χ1) is 17.5. The van der Waals surface area contributed by atoms with E-state index in [1.165, 1.54) is 0 Å². The molecule has 8 nitrogen and oxygen atoms in total. The standard InChI is InChI=1S/C22H28Cl2N4O2.C2HF3O2/c1-3-27(4-2)12-11-25-22-26-19-7-5-6-8-20(19)28(22)14-17(29)15-30-21-10-9-16(23)13-18(21)24;3-2(4,5)1(6)7/h5-10,13,17,29H,3-4,11-12,14-15H2,1-2H3,(H,25,26);(H,6,7). The van der Waals surface area contributed by atoms with Gasteiger partial charge in [-0.1, -0.05) is 49.2 Å². The van der Waals surface area contributed by atoms with Gasteiger partial charge in [-0.25, -0.2) is 9.78 Å². The molecule has 1 unspecified atom stereocenters. The van der Waals surface area contributed by atoms with Crippen molar-refractivity contribution in [3.8, 4) is 5.75 Å². The Kier molecular flexibility index (Phi) is 11.8. The molecule has 0 aliphatic rings. The lowest BCUT2D eigenvalue weighted by atomic mass is 10.3. The number of nitrogens with one attached hydrogen (secondary N) is 1. The number of aliphatic hydroxyl groups is 1. The Hall–Kier alpha value is -2.73. The number of rotatable bonds is 11. The fourth-order valence-electron chi connectivity index (χ4n) is 3.30. The Balaban J connectivity index is 0.000000604. The van der Waals surface area contributed by atoms with Crippen LogP contribution < -0.4 is 10.1 Å². The summed E-state index contributed by atoms with van der Waals surface area (Å²) in [6.45, 7) is 8.49. The van der Waals surface area contributed by atoms with Crippen LogP contribution in [-0.4, -0.2) is 75.7 Å². The summed E-state index contributed by atoms with van der Waals surface area (Å²) in [6, 6.07) is 12.9. The highest BCUT2D eigenvalue weighted by atomic mass is 35.5. The number of carboxylic acids is 1. The number of para-hydroxylation sites is 2. The minimum Gasteiger partial charge on any atom is -0.489 e. The largest absolute Gasteiger partial charge is 0.490 e. The lowest BCUT2D eigenvalue weighted by Crippen LogP contribution is -2.30. The number of alkyl halides is 3. The molecule has 204 valence electrons. The van der Waals surface area contributed by atoms with Crippen molar-refractivity contribution in [1.29, 1.82) is 0 Å². The lowest BCUT2D eigenvalue weighted by Gasteiger charge is -2.19. The number of carboxylic acid groups (broad SMARTS) is 1. The van der Waals surface area contributed by atoms with Crippen LogP contribution in [0.4, 0.5) is 19.1 Å². The van der Waals surface area contributed by atoms with Crippen LogP contribution in [0.15, 0.2) is 42.5 Å². The SMILES string of the molecule is CCN(CC)CCNc1nc2ccccc2n1CC(O)COc1ccc(Cl)cc1Cl.O=C(O)C(F)(F)F. The van der Waals surface area contributed by atoms with E-state index in [4.69, 9.17) is 42.8 Å². The molecule has 0 bridgehead atoms. The number of hydrogen-bond donors (Lipinski definition) is 3. The quantitative estimate of drug-likeness (QED) is 0.295. The first-order valence-electron chi connectivity index (χ1n) is 11.4. The first-order valence-corrected chi connectivity index (χ1v) is 12.2. The lowest BCUT2D eigenvalue weighted by molar-refractivity contribution is -0.192. The second-order valence-corrected chi connectivity index (χ2v) is 8.67. The summed E-state index contributed by atoms with van der Waals surface area (Å²) in [5.41, 5.74) is 1.85.